The largest absolute Gasteiger partial charge is 0.384 e. The van der Waals surface area contributed by atoms with Crippen LogP contribution in [0.5, 0.6) is 0 Å². The molecule has 2 atom stereocenters. The van der Waals surface area contributed by atoms with Crippen LogP contribution in [0, 0.1) is 11.8 Å². The van der Waals surface area contributed by atoms with Crippen LogP contribution in [0.3, 0.4) is 0 Å². The van der Waals surface area contributed by atoms with Crippen LogP contribution >= 0.6 is 0 Å². The van der Waals surface area contributed by atoms with E-state index in [9.17, 15) is 0 Å². The van der Waals surface area contributed by atoms with Gasteiger partial charge in [0.2, 0.25) is 0 Å². The second-order valence-corrected chi connectivity index (χ2v) is 6.11. The lowest BCUT2D eigenvalue weighted by atomic mass is 9.92. The lowest BCUT2D eigenvalue weighted by Crippen LogP contribution is -2.39. The lowest BCUT2D eigenvalue weighted by Gasteiger charge is -2.34. The molecule has 3 nitrogen and oxygen atoms in total. The number of benzene rings is 1. The van der Waals surface area contributed by atoms with Gasteiger partial charge in [-0.3, -0.25) is 0 Å². The third kappa shape index (κ3) is 4.30. The van der Waals surface area contributed by atoms with Gasteiger partial charge in [0.15, 0.2) is 0 Å². The second-order valence-electron chi connectivity index (χ2n) is 6.11. The van der Waals surface area contributed by atoms with Gasteiger partial charge < -0.3 is 15.4 Å². The molecule has 2 rings (SSSR count). The Morgan fingerprint density at radius 2 is 1.90 bits per heavy atom. The topological polar surface area (TPSA) is 38.5 Å². The van der Waals surface area contributed by atoms with E-state index in [1.165, 1.54) is 31.5 Å². The summed E-state index contributed by atoms with van der Waals surface area (Å²) in [5, 5.41) is 0. The van der Waals surface area contributed by atoms with E-state index in [1.807, 2.05) is 6.07 Å². The van der Waals surface area contributed by atoms with Gasteiger partial charge in [-0.2, -0.15) is 0 Å². The fourth-order valence-corrected chi connectivity index (χ4v) is 3.10. The molecule has 0 bridgehead atoms. The molecule has 1 heterocycles. The van der Waals surface area contributed by atoms with Crippen LogP contribution in [0.2, 0.25) is 0 Å². The highest BCUT2D eigenvalue weighted by Gasteiger charge is 2.22. The molecule has 2 N–H and O–H groups in total. The number of hydrogen-bond donors (Lipinski definition) is 1. The van der Waals surface area contributed by atoms with Gasteiger partial charge in [0.1, 0.15) is 0 Å². The number of nitrogens with zero attached hydrogens (tertiary/aromatic N) is 1. The molecule has 1 aliphatic rings. The van der Waals surface area contributed by atoms with Crippen molar-refractivity contribution < 1.29 is 4.74 Å². The van der Waals surface area contributed by atoms with Crippen molar-refractivity contribution in [3.8, 4) is 0 Å². The molecule has 0 aromatic heterocycles. The van der Waals surface area contributed by atoms with Crippen molar-refractivity contribution in [2.24, 2.45) is 17.6 Å². The van der Waals surface area contributed by atoms with E-state index in [0.717, 1.165) is 19.1 Å². The van der Waals surface area contributed by atoms with Crippen molar-refractivity contribution >= 4 is 0 Å². The minimum absolute atomic E-state index is 0.132. The Hall–Kier alpha value is -0.900. The zero-order valence-corrected chi connectivity index (χ0v) is 12.8. The summed E-state index contributed by atoms with van der Waals surface area (Å²) < 4.78 is 5.26. The van der Waals surface area contributed by atoms with Crippen molar-refractivity contribution in [1.82, 2.24) is 4.90 Å². The summed E-state index contributed by atoms with van der Waals surface area (Å²) in [4.78, 5) is 2.56. The summed E-state index contributed by atoms with van der Waals surface area (Å²) in [7, 11) is 1.80. The zero-order valence-electron chi connectivity index (χ0n) is 12.8. The summed E-state index contributed by atoms with van der Waals surface area (Å²) in [5.41, 5.74) is 7.63. The standard InChI is InChI=1S/C17H28N2O/c1-14(17(18)16-6-4-3-5-7-16)12-19-10-8-15(9-11-19)13-20-2/h3-7,14-15,17H,8-13,18H2,1-2H3. The predicted molar refractivity (Wildman–Crippen MR) is 83.6 cm³/mol. The average molecular weight is 276 g/mol. The van der Waals surface area contributed by atoms with Gasteiger partial charge >= 0.3 is 0 Å². The first-order valence-corrected chi connectivity index (χ1v) is 7.72. The number of hydrogen-bond acceptors (Lipinski definition) is 3. The summed E-state index contributed by atoms with van der Waals surface area (Å²) in [6, 6.07) is 10.6. The Balaban J connectivity index is 1.79. The highest BCUT2D eigenvalue weighted by atomic mass is 16.5. The van der Waals surface area contributed by atoms with Crippen LogP contribution in [0.1, 0.15) is 31.4 Å². The molecule has 20 heavy (non-hydrogen) atoms. The van der Waals surface area contributed by atoms with Gasteiger partial charge in [-0.05, 0) is 43.3 Å². The fraction of sp³-hybridized carbons (Fsp3) is 0.647. The SMILES string of the molecule is COCC1CCN(CC(C)C(N)c2ccccc2)CC1. The van der Waals surface area contributed by atoms with Gasteiger partial charge in [0.05, 0.1) is 0 Å². The molecule has 1 aromatic rings. The Morgan fingerprint density at radius 3 is 2.50 bits per heavy atom. The molecule has 1 aliphatic heterocycles. The van der Waals surface area contributed by atoms with Gasteiger partial charge in [0.25, 0.3) is 0 Å². The second kappa shape index (κ2) is 7.77. The molecule has 0 amide bonds. The van der Waals surface area contributed by atoms with E-state index < -0.39 is 0 Å². The first kappa shape index (κ1) is 15.5. The molecule has 0 spiro atoms. The fourth-order valence-electron chi connectivity index (χ4n) is 3.10. The van der Waals surface area contributed by atoms with Crippen LogP contribution in [0.15, 0.2) is 30.3 Å². The van der Waals surface area contributed by atoms with E-state index in [1.54, 1.807) is 7.11 Å². The maximum Gasteiger partial charge on any atom is 0.0491 e. The molecule has 0 saturated carbocycles. The summed E-state index contributed by atoms with van der Waals surface area (Å²) in [6.45, 7) is 6.63. The number of likely N-dealkylation sites (tertiary alicyclic amines) is 1. The highest BCUT2D eigenvalue weighted by Crippen LogP contribution is 2.23. The van der Waals surface area contributed by atoms with Crippen LogP contribution in [-0.2, 0) is 4.74 Å². The first-order chi connectivity index (χ1) is 9.70. The quantitative estimate of drug-likeness (QED) is 0.868. The normalized spacial score (nSPS) is 20.8. The number of piperidine rings is 1. The van der Waals surface area contributed by atoms with Crippen LogP contribution in [-0.4, -0.2) is 38.3 Å². The van der Waals surface area contributed by atoms with E-state index in [2.05, 4.69) is 36.1 Å². The van der Waals surface area contributed by atoms with E-state index in [0.29, 0.717) is 5.92 Å². The van der Waals surface area contributed by atoms with Crippen molar-refractivity contribution in [2.45, 2.75) is 25.8 Å². The Kier molecular flexibility index (Phi) is 6.02. The summed E-state index contributed by atoms with van der Waals surface area (Å²) >= 11 is 0. The molecule has 1 aromatic carbocycles. The average Bonchev–Trinajstić information content (AvgIpc) is 2.49. The number of ether oxygens (including phenoxy) is 1. The lowest BCUT2D eigenvalue weighted by molar-refractivity contribution is 0.0916. The summed E-state index contributed by atoms with van der Waals surface area (Å²) in [5.74, 6) is 1.23. The Morgan fingerprint density at radius 1 is 1.25 bits per heavy atom. The molecule has 112 valence electrons. The zero-order chi connectivity index (χ0) is 14.4. The third-order valence-electron chi connectivity index (χ3n) is 4.45. The molecule has 1 saturated heterocycles. The van der Waals surface area contributed by atoms with Gasteiger partial charge in [-0.15, -0.1) is 0 Å². The molecular formula is C17H28N2O. The van der Waals surface area contributed by atoms with Gasteiger partial charge in [-0.25, -0.2) is 0 Å². The van der Waals surface area contributed by atoms with Crippen LogP contribution < -0.4 is 5.73 Å². The third-order valence-corrected chi connectivity index (χ3v) is 4.45. The first-order valence-electron chi connectivity index (χ1n) is 7.72. The Labute approximate surface area is 123 Å². The molecule has 2 unspecified atom stereocenters. The minimum atomic E-state index is 0.132. The maximum absolute atomic E-state index is 6.38. The van der Waals surface area contributed by atoms with E-state index in [-0.39, 0.29) is 6.04 Å². The molecule has 1 fully saturated rings. The Bertz CT molecular complexity index is 374. The predicted octanol–water partition coefficient (Wildman–Crippen LogP) is 2.68. The van der Waals surface area contributed by atoms with Gasteiger partial charge in [-0.1, -0.05) is 37.3 Å². The monoisotopic (exact) mass is 276 g/mol. The summed E-state index contributed by atoms with van der Waals surface area (Å²) in [6.07, 6.45) is 2.50. The number of methoxy groups -OCH3 is 1. The van der Waals surface area contributed by atoms with Crippen molar-refractivity contribution in [3.05, 3.63) is 35.9 Å². The number of nitrogens with two attached hydrogens (primary N) is 1. The van der Waals surface area contributed by atoms with Crippen LogP contribution in [0.4, 0.5) is 0 Å². The minimum Gasteiger partial charge on any atom is -0.384 e. The van der Waals surface area contributed by atoms with Crippen molar-refractivity contribution in [3.63, 3.8) is 0 Å². The van der Waals surface area contributed by atoms with Crippen LogP contribution in [0.25, 0.3) is 0 Å². The molecule has 0 aliphatic carbocycles. The molecule has 0 radical (unpaired) electrons. The van der Waals surface area contributed by atoms with Gasteiger partial charge in [0, 0.05) is 26.3 Å². The molecule has 3 heteroatoms. The maximum atomic E-state index is 6.38. The van der Waals surface area contributed by atoms with Crippen molar-refractivity contribution in [1.29, 1.82) is 0 Å². The van der Waals surface area contributed by atoms with E-state index >= 15 is 0 Å². The molecular weight excluding hydrogens is 248 g/mol. The smallest absolute Gasteiger partial charge is 0.0491 e. The van der Waals surface area contributed by atoms with E-state index in [4.69, 9.17) is 10.5 Å². The number of rotatable bonds is 6. The highest BCUT2D eigenvalue weighted by molar-refractivity contribution is 5.19. The van der Waals surface area contributed by atoms with Crippen molar-refractivity contribution in [2.75, 3.05) is 33.4 Å².